The maximum atomic E-state index is 10.2. The number of rotatable bonds is 3. The van der Waals surface area contributed by atoms with Crippen LogP contribution in [0.25, 0.3) is 11.0 Å². The third kappa shape index (κ3) is 2.69. The van der Waals surface area contributed by atoms with Crippen molar-refractivity contribution in [1.82, 2.24) is 20.3 Å². The minimum absolute atomic E-state index is 0. The van der Waals surface area contributed by atoms with Crippen LogP contribution in [-0.2, 0) is 0 Å². The van der Waals surface area contributed by atoms with Crippen molar-refractivity contribution in [1.29, 1.82) is 0 Å². The van der Waals surface area contributed by atoms with Crippen molar-refractivity contribution in [3.8, 4) is 0 Å². The number of fused-ring (bicyclic) bond motifs is 1. The third-order valence-corrected chi connectivity index (χ3v) is 4.39. The van der Waals surface area contributed by atoms with Gasteiger partial charge in [-0.3, -0.25) is 0 Å². The molecule has 1 aliphatic heterocycles. The number of nitrogens with two attached hydrogens (primary N) is 1. The molecule has 9 heteroatoms. The Labute approximate surface area is 132 Å². The molecule has 6 N–H and O–H groups in total. The molecule has 116 valence electrons. The van der Waals surface area contributed by atoms with Crippen LogP contribution in [0, 0.1) is 0 Å². The molecule has 0 saturated carbocycles. The molecule has 0 spiro atoms. The van der Waals surface area contributed by atoms with E-state index < -0.39 is 12.2 Å². The van der Waals surface area contributed by atoms with E-state index in [-0.39, 0.29) is 24.5 Å². The van der Waals surface area contributed by atoms with Gasteiger partial charge < -0.3 is 26.2 Å². The smallest absolute Gasteiger partial charge is 0.151 e. The summed E-state index contributed by atoms with van der Waals surface area (Å²) in [6, 6.07) is -0.515. The summed E-state index contributed by atoms with van der Waals surface area (Å²) >= 11 is 1.62. The summed E-state index contributed by atoms with van der Waals surface area (Å²) in [5.41, 5.74) is 7.91. The standard InChI is InChI=1S/C12H17N5O2S.ClH/c1-20-3-6-10(18)11(19)8(17-6)5-2-14-9-7(5)15-4-16-12(9)13;/h2,4,6,8,10-11,14,17-19H,3H2,1H3,(H2,13,15,16);1H. The van der Waals surface area contributed by atoms with Gasteiger partial charge in [-0.1, -0.05) is 0 Å². The lowest BCUT2D eigenvalue weighted by Gasteiger charge is -2.14. The summed E-state index contributed by atoms with van der Waals surface area (Å²) in [7, 11) is 0. The molecule has 4 unspecified atom stereocenters. The molecule has 3 heterocycles. The number of hydrogen-bond acceptors (Lipinski definition) is 7. The van der Waals surface area contributed by atoms with Crippen LogP contribution in [0.5, 0.6) is 0 Å². The number of nitrogens with zero attached hydrogens (tertiary/aromatic N) is 2. The van der Waals surface area contributed by atoms with E-state index in [1.807, 2.05) is 6.26 Å². The zero-order valence-electron chi connectivity index (χ0n) is 11.4. The summed E-state index contributed by atoms with van der Waals surface area (Å²) < 4.78 is 0. The Bertz CT molecular complexity index is 625. The van der Waals surface area contributed by atoms with E-state index in [1.54, 1.807) is 18.0 Å². The Balaban J connectivity index is 0.00000161. The minimum atomic E-state index is -0.873. The molecule has 21 heavy (non-hydrogen) atoms. The Morgan fingerprint density at radius 3 is 2.81 bits per heavy atom. The average molecular weight is 332 g/mol. The predicted octanol–water partition coefficient (Wildman–Crippen LogP) is 0.0596. The highest BCUT2D eigenvalue weighted by molar-refractivity contribution is 7.98. The van der Waals surface area contributed by atoms with Crippen molar-refractivity contribution in [2.75, 3.05) is 17.7 Å². The van der Waals surface area contributed by atoms with Gasteiger partial charge in [-0.05, 0) is 6.26 Å². The molecule has 2 aromatic rings. The number of thioether (sulfide) groups is 1. The molecule has 0 aromatic carbocycles. The normalized spacial score (nSPS) is 28.7. The molecule has 1 aliphatic rings. The van der Waals surface area contributed by atoms with E-state index >= 15 is 0 Å². The number of halogens is 1. The van der Waals surface area contributed by atoms with Gasteiger partial charge in [-0.15, -0.1) is 12.4 Å². The van der Waals surface area contributed by atoms with Gasteiger partial charge >= 0.3 is 0 Å². The average Bonchev–Trinajstić information content (AvgIpc) is 2.97. The Morgan fingerprint density at radius 1 is 1.33 bits per heavy atom. The molecule has 1 fully saturated rings. The number of aromatic nitrogens is 3. The van der Waals surface area contributed by atoms with Crippen LogP contribution in [0.3, 0.4) is 0 Å². The van der Waals surface area contributed by atoms with Crippen molar-refractivity contribution in [3.05, 3.63) is 18.1 Å². The van der Waals surface area contributed by atoms with Crippen molar-refractivity contribution >= 4 is 41.0 Å². The van der Waals surface area contributed by atoms with E-state index in [9.17, 15) is 10.2 Å². The number of aliphatic hydroxyl groups excluding tert-OH is 2. The molecule has 3 rings (SSSR count). The van der Waals surface area contributed by atoms with Crippen LogP contribution >= 0.6 is 24.2 Å². The lowest BCUT2D eigenvalue weighted by Crippen LogP contribution is -2.34. The van der Waals surface area contributed by atoms with Gasteiger partial charge in [0, 0.05) is 23.6 Å². The molecule has 4 atom stereocenters. The first-order chi connectivity index (χ1) is 9.63. The Kier molecular flexibility index (Phi) is 4.95. The monoisotopic (exact) mass is 331 g/mol. The SMILES string of the molecule is CSCC1NC(c2c[nH]c3c(N)ncnc23)C(O)C1O.Cl. The van der Waals surface area contributed by atoms with Gasteiger partial charge in [0.15, 0.2) is 5.82 Å². The molecule has 7 nitrogen and oxygen atoms in total. The van der Waals surface area contributed by atoms with Crippen LogP contribution in [0.1, 0.15) is 11.6 Å². The van der Waals surface area contributed by atoms with Crippen LogP contribution in [0.4, 0.5) is 5.82 Å². The van der Waals surface area contributed by atoms with E-state index in [4.69, 9.17) is 5.73 Å². The molecule has 0 bridgehead atoms. The fraction of sp³-hybridized carbons (Fsp3) is 0.500. The first-order valence-electron chi connectivity index (χ1n) is 6.32. The van der Waals surface area contributed by atoms with Crippen molar-refractivity contribution < 1.29 is 10.2 Å². The number of H-pyrrole nitrogens is 1. The molecule has 2 aromatic heterocycles. The maximum Gasteiger partial charge on any atom is 0.151 e. The second-order valence-corrected chi connectivity index (χ2v) is 5.82. The maximum absolute atomic E-state index is 10.2. The highest BCUT2D eigenvalue weighted by Gasteiger charge is 2.42. The first kappa shape index (κ1) is 16.3. The summed E-state index contributed by atoms with van der Waals surface area (Å²) in [4.78, 5) is 11.2. The second-order valence-electron chi connectivity index (χ2n) is 4.91. The number of nitrogens with one attached hydrogen (secondary N) is 2. The molecular formula is C12H18ClN5O2S. The number of aromatic amines is 1. The second kappa shape index (κ2) is 6.37. The Morgan fingerprint density at radius 2 is 2.10 bits per heavy atom. The van der Waals surface area contributed by atoms with E-state index in [0.29, 0.717) is 16.9 Å². The highest BCUT2D eigenvalue weighted by atomic mass is 35.5. The molecule has 0 amide bonds. The van der Waals surface area contributed by atoms with Crippen molar-refractivity contribution in [2.24, 2.45) is 0 Å². The summed E-state index contributed by atoms with van der Waals surface area (Å²) in [5.74, 6) is 1.10. The molecule has 0 radical (unpaired) electrons. The van der Waals surface area contributed by atoms with Crippen molar-refractivity contribution in [3.63, 3.8) is 0 Å². The number of nitrogen functional groups attached to an aromatic ring is 1. The quantitative estimate of drug-likeness (QED) is 0.539. The van der Waals surface area contributed by atoms with Crippen LogP contribution < -0.4 is 11.1 Å². The van der Waals surface area contributed by atoms with Crippen molar-refractivity contribution in [2.45, 2.75) is 24.3 Å². The molecule has 1 saturated heterocycles. The zero-order valence-corrected chi connectivity index (χ0v) is 13.0. The van der Waals surface area contributed by atoms with Crippen LogP contribution in [0.15, 0.2) is 12.5 Å². The fourth-order valence-electron chi connectivity index (χ4n) is 2.68. The zero-order chi connectivity index (χ0) is 14.3. The topological polar surface area (TPSA) is 120 Å². The fourth-order valence-corrected chi connectivity index (χ4v) is 3.33. The van der Waals surface area contributed by atoms with E-state index in [2.05, 4.69) is 20.3 Å². The van der Waals surface area contributed by atoms with E-state index in [0.717, 1.165) is 11.3 Å². The predicted molar refractivity (Wildman–Crippen MR) is 85.6 cm³/mol. The van der Waals surface area contributed by atoms with Gasteiger partial charge in [-0.2, -0.15) is 11.8 Å². The summed E-state index contributed by atoms with van der Waals surface area (Å²) in [6.45, 7) is 0. The van der Waals surface area contributed by atoms with Gasteiger partial charge in [-0.25, -0.2) is 9.97 Å². The number of anilines is 1. The highest BCUT2D eigenvalue weighted by Crippen LogP contribution is 2.33. The van der Waals surface area contributed by atoms with Gasteiger partial charge in [0.25, 0.3) is 0 Å². The lowest BCUT2D eigenvalue weighted by atomic mass is 10.0. The summed E-state index contributed by atoms with van der Waals surface area (Å²) in [5, 5.41) is 23.6. The number of hydrogen-bond donors (Lipinski definition) is 5. The third-order valence-electron chi connectivity index (χ3n) is 3.70. The van der Waals surface area contributed by atoms with Gasteiger partial charge in [0.2, 0.25) is 0 Å². The molecular weight excluding hydrogens is 314 g/mol. The van der Waals surface area contributed by atoms with E-state index in [1.165, 1.54) is 6.33 Å². The van der Waals surface area contributed by atoms with Gasteiger partial charge in [0.05, 0.1) is 17.7 Å². The largest absolute Gasteiger partial charge is 0.389 e. The first-order valence-corrected chi connectivity index (χ1v) is 7.71. The minimum Gasteiger partial charge on any atom is -0.389 e. The molecule has 0 aliphatic carbocycles. The Hall–Kier alpha value is -1.06. The van der Waals surface area contributed by atoms with Gasteiger partial charge in [0.1, 0.15) is 17.9 Å². The summed E-state index contributed by atoms with van der Waals surface area (Å²) in [6.07, 6.45) is 3.45. The lowest BCUT2D eigenvalue weighted by molar-refractivity contribution is 0.0308. The van der Waals surface area contributed by atoms with Crippen LogP contribution in [0.2, 0.25) is 0 Å². The number of aliphatic hydroxyl groups is 2. The van der Waals surface area contributed by atoms with Crippen LogP contribution in [-0.4, -0.2) is 55.4 Å².